The lowest BCUT2D eigenvalue weighted by Crippen LogP contribution is -2.08. The first-order valence-corrected chi connectivity index (χ1v) is 4.89. The Labute approximate surface area is 82.7 Å². The zero-order chi connectivity index (χ0) is 11.2. The quantitative estimate of drug-likeness (QED) is 0.653. The van der Waals surface area contributed by atoms with Gasteiger partial charge in [0.2, 0.25) is 0 Å². The molecule has 4 heteroatoms. The van der Waals surface area contributed by atoms with Crippen molar-refractivity contribution in [2.45, 2.75) is 52.1 Å². The molecule has 0 fully saturated rings. The van der Waals surface area contributed by atoms with Crippen LogP contribution in [0.25, 0.3) is 0 Å². The van der Waals surface area contributed by atoms with Gasteiger partial charge >= 0.3 is 6.18 Å². The lowest BCUT2D eigenvalue weighted by molar-refractivity contribution is -0.137. The van der Waals surface area contributed by atoms with Gasteiger partial charge in [0.1, 0.15) is 5.78 Å². The van der Waals surface area contributed by atoms with E-state index in [4.69, 9.17) is 0 Å². The third-order valence-electron chi connectivity index (χ3n) is 1.92. The average molecular weight is 210 g/mol. The Balaban J connectivity index is 3.46. The van der Waals surface area contributed by atoms with E-state index < -0.39 is 12.6 Å². The third kappa shape index (κ3) is 9.55. The Hall–Kier alpha value is -0.540. The number of carbonyl (C=O) groups is 1. The van der Waals surface area contributed by atoms with E-state index in [0.717, 1.165) is 6.42 Å². The van der Waals surface area contributed by atoms with Gasteiger partial charge in [0.05, 0.1) is 0 Å². The molecule has 0 aromatic rings. The molecule has 0 aromatic heterocycles. The van der Waals surface area contributed by atoms with Gasteiger partial charge in [-0.2, -0.15) is 13.2 Å². The summed E-state index contributed by atoms with van der Waals surface area (Å²) in [5.41, 5.74) is 0. The second-order valence-corrected chi connectivity index (χ2v) is 3.94. The van der Waals surface area contributed by atoms with Crippen LogP contribution in [0, 0.1) is 5.92 Å². The fraction of sp³-hybridized carbons (Fsp3) is 0.900. The topological polar surface area (TPSA) is 17.1 Å². The van der Waals surface area contributed by atoms with Crippen molar-refractivity contribution in [3.63, 3.8) is 0 Å². The summed E-state index contributed by atoms with van der Waals surface area (Å²) in [6.45, 7) is 3.98. The molecule has 1 nitrogen and oxygen atoms in total. The lowest BCUT2D eigenvalue weighted by Gasteiger charge is -2.06. The molecule has 0 aliphatic heterocycles. The second kappa shape index (κ2) is 6.04. The predicted octanol–water partition coefficient (Wildman–Crippen LogP) is 3.72. The van der Waals surface area contributed by atoms with Gasteiger partial charge < -0.3 is 0 Å². The van der Waals surface area contributed by atoms with Crippen LogP contribution in [-0.2, 0) is 4.79 Å². The molecule has 0 N–H and O–H groups in total. The summed E-state index contributed by atoms with van der Waals surface area (Å²) in [6, 6.07) is 0. The fourth-order valence-corrected chi connectivity index (χ4v) is 1.06. The van der Waals surface area contributed by atoms with Gasteiger partial charge in [-0.15, -0.1) is 0 Å². The predicted molar refractivity (Wildman–Crippen MR) is 49.0 cm³/mol. The number of hydrogen-bond donors (Lipinski definition) is 0. The number of ketones is 1. The first-order valence-electron chi connectivity index (χ1n) is 4.89. The van der Waals surface area contributed by atoms with Gasteiger partial charge in [-0.05, 0) is 18.8 Å². The summed E-state index contributed by atoms with van der Waals surface area (Å²) in [5.74, 6) is 0.379. The molecule has 0 heterocycles. The Morgan fingerprint density at radius 3 is 2.21 bits per heavy atom. The number of rotatable bonds is 6. The highest BCUT2D eigenvalue weighted by molar-refractivity contribution is 5.78. The van der Waals surface area contributed by atoms with Crippen molar-refractivity contribution < 1.29 is 18.0 Å². The molecular formula is C10H17F3O. The van der Waals surface area contributed by atoms with Crippen molar-refractivity contribution in [1.82, 2.24) is 0 Å². The van der Waals surface area contributed by atoms with Crippen molar-refractivity contribution in [2.75, 3.05) is 0 Å². The van der Waals surface area contributed by atoms with Crippen LogP contribution in [0.2, 0.25) is 0 Å². The maximum absolute atomic E-state index is 11.7. The van der Waals surface area contributed by atoms with Gasteiger partial charge in [0, 0.05) is 19.3 Å². The number of hydrogen-bond acceptors (Lipinski definition) is 1. The fourth-order valence-electron chi connectivity index (χ4n) is 1.06. The van der Waals surface area contributed by atoms with E-state index >= 15 is 0 Å². The summed E-state index contributed by atoms with van der Waals surface area (Å²) in [5, 5.41) is 0. The minimum absolute atomic E-state index is 0.0528. The van der Waals surface area contributed by atoms with Gasteiger partial charge in [-0.1, -0.05) is 13.8 Å². The molecule has 84 valence electrons. The molecule has 14 heavy (non-hydrogen) atoms. The van der Waals surface area contributed by atoms with Crippen LogP contribution in [-0.4, -0.2) is 12.0 Å². The van der Waals surface area contributed by atoms with Crippen molar-refractivity contribution in [3.8, 4) is 0 Å². The van der Waals surface area contributed by atoms with Crippen molar-refractivity contribution in [3.05, 3.63) is 0 Å². The van der Waals surface area contributed by atoms with E-state index in [2.05, 4.69) is 0 Å². The summed E-state index contributed by atoms with van der Waals surface area (Å²) >= 11 is 0. The summed E-state index contributed by atoms with van der Waals surface area (Å²) in [7, 11) is 0. The van der Waals surface area contributed by atoms with Crippen LogP contribution in [0.4, 0.5) is 13.2 Å². The number of halogens is 3. The van der Waals surface area contributed by atoms with Crippen molar-refractivity contribution in [2.24, 2.45) is 5.92 Å². The standard InChI is InChI=1S/C10H17F3O/c1-8(2)5-6-9(14)4-3-7-10(11,12)13/h8H,3-7H2,1-2H3. The van der Waals surface area contributed by atoms with Crippen molar-refractivity contribution in [1.29, 1.82) is 0 Å². The highest BCUT2D eigenvalue weighted by Crippen LogP contribution is 2.22. The van der Waals surface area contributed by atoms with Gasteiger partial charge in [-0.3, -0.25) is 4.79 Å². The van der Waals surface area contributed by atoms with E-state index in [-0.39, 0.29) is 18.6 Å². The Bertz CT molecular complexity index is 173. The number of Topliss-reactive ketones (excluding diaryl/α,β-unsaturated/α-hetero) is 1. The molecule has 0 aliphatic rings. The monoisotopic (exact) mass is 210 g/mol. The molecule has 0 aromatic carbocycles. The minimum atomic E-state index is -4.13. The highest BCUT2D eigenvalue weighted by atomic mass is 19.4. The second-order valence-electron chi connectivity index (χ2n) is 3.94. The van der Waals surface area contributed by atoms with Crippen LogP contribution in [0.5, 0.6) is 0 Å². The minimum Gasteiger partial charge on any atom is -0.300 e. The van der Waals surface area contributed by atoms with E-state index in [0.29, 0.717) is 12.3 Å². The maximum atomic E-state index is 11.7. The smallest absolute Gasteiger partial charge is 0.300 e. The first-order chi connectivity index (χ1) is 6.31. The van der Waals surface area contributed by atoms with Crippen LogP contribution in [0.1, 0.15) is 46.0 Å². The SMILES string of the molecule is CC(C)CCC(=O)CCCC(F)(F)F. The molecule has 0 unspecified atom stereocenters. The van der Waals surface area contributed by atoms with Gasteiger partial charge in [0.25, 0.3) is 0 Å². The van der Waals surface area contributed by atoms with E-state index in [1.165, 1.54) is 0 Å². The third-order valence-corrected chi connectivity index (χ3v) is 1.92. The number of carbonyl (C=O) groups excluding carboxylic acids is 1. The Kier molecular flexibility index (Phi) is 5.81. The zero-order valence-electron chi connectivity index (χ0n) is 8.66. The number of alkyl halides is 3. The maximum Gasteiger partial charge on any atom is 0.389 e. The van der Waals surface area contributed by atoms with Crippen LogP contribution < -0.4 is 0 Å². The molecule has 0 saturated heterocycles. The van der Waals surface area contributed by atoms with Gasteiger partial charge in [0.15, 0.2) is 0 Å². The summed E-state index contributed by atoms with van der Waals surface area (Å²) in [6.07, 6.45) is -3.80. The summed E-state index contributed by atoms with van der Waals surface area (Å²) < 4.78 is 35.1. The molecule has 0 saturated carbocycles. The molecular weight excluding hydrogens is 193 g/mol. The largest absolute Gasteiger partial charge is 0.389 e. The first kappa shape index (κ1) is 13.5. The van der Waals surface area contributed by atoms with Crippen LogP contribution in [0.3, 0.4) is 0 Å². The molecule has 0 radical (unpaired) electrons. The molecule has 0 spiro atoms. The Morgan fingerprint density at radius 2 is 1.79 bits per heavy atom. The van der Waals surface area contributed by atoms with E-state index in [9.17, 15) is 18.0 Å². The molecule has 0 atom stereocenters. The molecule has 0 amide bonds. The van der Waals surface area contributed by atoms with E-state index in [1.807, 2.05) is 13.8 Å². The average Bonchev–Trinajstić information content (AvgIpc) is 1.98. The lowest BCUT2D eigenvalue weighted by atomic mass is 10.0. The van der Waals surface area contributed by atoms with Crippen LogP contribution >= 0.6 is 0 Å². The molecule has 0 bridgehead atoms. The highest BCUT2D eigenvalue weighted by Gasteiger charge is 2.26. The Morgan fingerprint density at radius 1 is 1.21 bits per heavy atom. The van der Waals surface area contributed by atoms with Crippen molar-refractivity contribution >= 4 is 5.78 Å². The normalized spacial score (nSPS) is 12.1. The van der Waals surface area contributed by atoms with Gasteiger partial charge in [-0.25, -0.2) is 0 Å². The molecule has 0 aliphatic carbocycles. The summed E-state index contributed by atoms with van der Waals surface area (Å²) in [4.78, 5) is 11.1. The zero-order valence-corrected chi connectivity index (χ0v) is 8.66. The molecule has 0 rings (SSSR count). The van der Waals surface area contributed by atoms with E-state index in [1.54, 1.807) is 0 Å². The van der Waals surface area contributed by atoms with Crippen LogP contribution in [0.15, 0.2) is 0 Å².